The first kappa shape index (κ1) is 16.2. The molecule has 0 amide bonds. The van der Waals surface area contributed by atoms with Gasteiger partial charge < -0.3 is 5.11 Å². The second kappa shape index (κ2) is 6.43. The summed E-state index contributed by atoms with van der Waals surface area (Å²) >= 11 is 0. The SMILES string of the molecule is Cc1ccc(S(=O)(=O)N2C[C@H](c3ccccc3)C[C@@H]2CO)cc1. The maximum Gasteiger partial charge on any atom is 0.243 e. The van der Waals surface area contributed by atoms with Gasteiger partial charge in [0.05, 0.1) is 11.5 Å². The Bertz CT molecular complexity index is 757. The van der Waals surface area contributed by atoms with Gasteiger partial charge >= 0.3 is 0 Å². The van der Waals surface area contributed by atoms with Crippen LogP contribution in [0.1, 0.15) is 23.5 Å². The van der Waals surface area contributed by atoms with E-state index in [4.69, 9.17) is 0 Å². The van der Waals surface area contributed by atoms with Crippen LogP contribution in [0.3, 0.4) is 0 Å². The molecule has 0 radical (unpaired) electrons. The number of hydrogen-bond acceptors (Lipinski definition) is 3. The van der Waals surface area contributed by atoms with Gasteiger partial charge in [0.15, 0.2) is 0 Å². The van der Waals surface area contributed by atoms with E-state index in [2.05, 4.69) is 0 Å². The third-order valence-corrected chi connectivity index (χ3v) is 6.41. The van der Waals surface area contributed by atoms with Crippen molar-refractivity contribution >= 4 is 10.0 Å². The predicted octanol–water partition coefficient (Wildman–Crippen LogP) is 2.53. The monoisotopic (exact) mass is 331 g/mol. The number of aliphatic hydroxyl groups excluding tert-OH is 1. The van der Waals surface area contributed by atoms with E-state index in [0.717, 1.165) is 11.1 Å². The van der Waals surface area contributed by atoms with E-state index in [1.54, 1.807) is 24.3 Å². The molecule has 2 atom stereocenters. The molecule has 1 aliphatic rings. The van der Waals surface area contributed by atoms with Crippen molar-refractivity contribution in [2.24, 2.45) is 0 Å². The molecular formula is C18H21NO3S. The van der Waals surface area contributed by atoms with Crippen molar-refractivity contribution in [2.75, 3.05) is 13.2 Å². The van der Waals surface area contributed by atoms with Gasteiger partial charge in [-0.3, -0.25) is 0 Å². The smallest absolute Gasteiger partial charge is 0.243 e. The zero-order chi connectivity index (χ0) is 16.4. The maximum absolute atomic E-state index is 12.9. The van der Waals surface area contributed by atoms with E-state index in [9.17, 15) is 13.5 Å². The fourth-order valence-electron chi connectivity index (χ4n) is 3.16. The van der Waals surface area contributed by atoms with Crippen molar-refractivity contribution in [3.8, 4) is 0 Å². The van der Waals surface area contributed by atoms with Crippen LogP contribution in [0.15, 0.2) is 59.5 Å². The van der Waals surface area contributed by atoms with Crippen LogP contribution < -0.4 is 0 Å². The minimum atomic E-state index is -3.58. The first-order valence-electron chi connectivity index (χ1n) is 7.76. The summed E-state index contributed by atoms with van der Waals surface area (Å²) in [5.74, 6) is 0.119. The largest absolute Gasteiger partial charge is 0.395 e. The Balaban J connectivity index is 1.90. The average molecular weight is 331 g/mol. The summed E-state index contributed by atoms with van der Waals surface area (Å²) < 4.78 is 27.3. The molecule has 4 nitrogen and oxygen atoms in total. The van der Waals surface area contributed by atoms with E-state index in [0.29, 0.717) is 13.0 Å². The van der Waals surface area contributed by atoms with Crippen molar-refractivity contribution in [3.05, 3.63) is 65.7 Å². The Hall–Kier alpha value is -1.69. The first-order valence-corrected chi connectivity index (χ1v) is 9.20. The van der Waals surface area contributed by atoms with Crippen molar-refractivity contribution in [1.29, 1.82) is 0 Å². The maximum atomic E-state index is 12.9. The standard InChI is InChI=1S/C18H21NO3S/c1-14-7-9-18(10-8-14)23(21,22)19-12-16(11-17(19)13-20)15-5-3-2-4-6-15/h2-10,16-17,20H,11-13H2,1H3/t16-,17-/m1/s1. The predicted molar refractivity (Wildman–Crippen MR) is 89.7 cm³/mol. The molecule has 0 spiro atoms. The van der Waals surface area contributed by atoms with Crippen LogP contribution in [0.4, 0.5) is 0 Å². The fourth-order valence-corrected chi connectivity index (χ4v) is 4.83. The minimum Gasteiger partial charge on any atom is -0.395 e. The van der Waals surface area contributed by atoms with Crippen molar-refractivity contribution in [1.82, 2.24) is 4.31 Å². The summed E-state index contributed by atoms with van der Waals surface area (Å²) in [4.78, 5) is 0.287. The number of aryl methyl sites for hydroxylation is 1. The fraction of sp³-hybridized carbons (Fsp3) is 0.333. The van der Waals surface area contributed by atoms with Crippen LogP contribution in [-0.4, -0.2) is 37.0 Å². The quantitative estimate of drug-likeness (QED) is 0.937. The molecule has 3 rings (SSSR count). The van der Waals surface area contributed by atoms with Crippen LogP contribution >= 0.6 is 0 Å². The molecule has 122 valence electrons. The molecular weight excluding hydrogens is 310 g/mol. The van der Waals surface area contributed by atoms with Crippen LogP contribution in [0.5, 0.6) is 0 Å². The zero-order valence-corrected chi connectivity index (χ0v) is 13.9. The van der Waals surface area contributed by atoms with Crippen LogP contribution in [-0.2, 0) is 10.0 Å². The lowest BCUT2D eigenvalue weighted by Crippen LogP contribution is -2.37. The van der Waals surface area contributed by atoms with Gasteiger partial charge in [-0.1, -0.05) is 48.0 Å². The highest BCUT2D eigenvalue weighted by molar-refractivity contribution is 7.89. The molecule has 23 heavy (non-hydrogen) atoms. The molecule has 2 aromatic rings. The van der Waals surface area contributed by atoms with Gasteiger partial charge in [0, 0.05) is 12.6 Å². The number of rotatable bonds is 4. The lowest BCUT2D eigenvalue weighted by Gasteiger charge is -2.22. The van der Waals surface area contributed by atoms with E-state index < -0.39 is 10.0 Å². The zero-order valence-electron chi connectivity index (χ0n) is 13.1. The summed E-state index contributed by atoms with van der Waals surface area (Å²) in [6, 6.07) is 16.4. The molecule has 5 heteroatoms. The van der Waals surface area contributed by atoms with Crippen LogP contribution in [0.25, 0.3) is 0 Å². The second-order valence-corrected chi connectivity index (χ2v) is 7.96. The third-order valence-electron chi connectivity index (χ3n) is 4.47. The van der Waals surface area contributed by atoms with Gasteiger partial charge in [-0.05, 0) is 37.0 Å². The molecule has 0 bridgehead atoms. The first-order chi connectivity index (χ1) is 11.0. The van der Waals surface area contributed by atoms with Crippen LogP contribution in [0.2, 0.25) is 0 Å². The van der Waals surface area contributed by atoms with E-state index in [-0.39, 0.29) is 23.5 Å². The highest BCUT2D eigenvalue weighted by Gasteiger charge is 2.40. The Labute approximate surface area is 137 Å². The molecule has 2 aromatic carbocycles. The molecule has 1 N–H and O–H groups in total. The summed E-state index contributed by atoms with van der Waals surface area (Å²) in [5.41, 5.74) is 2.14. The van der Waals surface area contributed by atoms with E-state index in [1.165, 1.54) is 4.31 Å². The number of benzene rings is 2. The van der Waals surface area contributed by atoms with Gasteiger partial charge in [0.1, 0.15) is 0 Å². The van der Waals surface area contributed by atoms with Crippen LogP contribution in [0, 0.1) is 6.92 Å². The summed E-state index contributed by atoms with van der Waals surface area (Å²) in [7, 11) is -3.58. The van der Waals surface area contributed by atoms with E-state index >= 15 is 0 Å². The number of aliphatic hydroxyl groups is 1. The highest BCUT2D eigenvalue weighted by Crippen LogP contribution is 2.35. The lowest BCUT2D eigenvalue weighted by molar-refractivity contribution is 0.213. The minimum absolute atomic E-state index is 0.119. The Morgan fingerprint density at radius 1 is 1.09 bits per heavy atom. The normalized spacial score (nSPS) is 22.3. The molecule has 0 aromatic heterocycles. The van der Waals surface area contributed by atoms with Gasteiger partial charge in [0.25, 0.3) is 0 Å². The highest BCUT2D eigenvalue weighted by atomic mass is 32.2. The topological polar surface area (TPSA) is 57.6 Å². The lowest BCUT2D eigenvalue weighted by atomic mass is 9.97. The second-order valence-electron chi connectivity index (χ2n) is 6.07. The van der Waals surface area contributed by atoms with E-state index in [1.807, 2.05) is 37.3 Å². The summed E-state index contributed by atoms with van der Waals surface area (Å²) in [6.07, 6.45) is 0.644. The number of hydrogen-bond donors (Lipinski definition) is 1. The van der Waals surface area contributed by atoms with Gasteiger partial charge in [0.2, 0.25) is 10.0 Å². The molecule has 0 aliphatic carbocycles. The van der Waals surface area contributed by atoms with Crippen molar-refractivity contribution in [3.63, 3.8) is 0 Å². The Morgan fingerprint density at radius 2 is 1.74 bits per heavy atom. The Morgan fingerprint density at radius 3 is 2.35 bits per heavy atom. The van der Waals surface area contributed by atoms with Crippen molar-refractivity contribution < 1.29 is 13.5 Å². The molecule has 1 heterocycles. The molecule has 0 saturated carbocycles. The summed E-state index contributed by atoms with van der Waals surface area (Å²) in [6.45, 7) is 2.17. The number of sulfonamides is 1. The van der Waals surface area contributed by atoms with Crippen molar-refractivity contribution in [2.45, 2.75) is 30.2 Å². The third kappa shape index (κ3) is 3.17. The Kier molecular flexibility index (Phi) is 4.53. The molecule has 0 unspecified atom stereocenters. The van der Waals surface area contributed by atoms with Gasteiger partial charge in [-0.15, -0.1) is 0 Å². The summed E-state index contributed by atoms with van der Waals surface area (Å²) in [5, 5.41) is 9.65. The molecule has 1 aliphatic heterocycles. The van der Waals surface area contributed by atoms with Gasteiger partial charge in [-0.25, -0.2) is 8.42 Å². The average Bonchev–Trinajstić information content (AvgIpc) is 3.01. The molecule has 1 fully saturated rings. The van der Waals surface area contributed by atoms with Gasteiger partial charge in [-0.2, -0.15) is 4.31 Å². The molecule has 1 saturated heterocycles. The number of nitrogens with zero attached hydrogens (tertiary/aromatic N) is 1.